The summed E-state index contributed by atoms with van der Waals surface area (Å²) < 4.78 is 0. The maximum Gasteiger partial charge on any atom is 0.0474 e. The quantitative estimate of drug-likeness (QED) is 0.718. The van der Waals surface area contributed by atoms with E-state index in [9.17, 15) is 0 Å². The van der Waals surface area contributed by atoms with Crippen LogP contribution < -0.4 is 10.2 Å². The van der Waals surface area contributed by atoms with Crippen LogP contribution in [0.3, 0.4) is 0 Å². The molecule has 0 aliphatic carbocycles. The molecule has 1 N–H and O–H groups in total. The van der Waals surface area contributed by atoms with Gasteiger partial charge in [0.05, 0.1) is 0 Å². The summed E-state index contributed by atoms with van der Waals surface area (Å²) in [5.74, 6) is 0. The first-order valence-electron chi connectivity index (χ1n) is 6.63. The number of hydrogen-bond acceptors (Lipinski definition) is 2. The molecular formula is C16H23ClN2. The minimum Gasteiger partial charge on any atom is -0.364 e. The van der Waals surface area contributed by atoms with Crippen molar-refractivity contribution in [1.82, 2.24) is 5.32 Å². The Balaban J connectivity index is 2.96. The molecule has 0 radical (unpaired) electrons. The van der Waals surface area contributed by atoms with Gasteiger partial charge >= 0.3 is 0 Å². The van der Waals surface area contributed by atoms with E-state index in [1.54, 1.807) is 0 Å². The summed E-state index contributed by atoms with van der Waals surface area (Å²) in [6.07, 6.45) is 3.76. The van der Waals surface area contributed by atoms with Crippen molar-refractivity contribution in [2.75, 3.05) is 24.5 Å². The normalized spacial score (nSPS) is 11.9. The van der Waals surface area contributed by atoms with E-state index in [0.29, 0.717) is 0 Å². The lowest BCUT2D eigenvalue weighted by atomic mass is 10.1. The number of nitrogens with one attached hydrogen (secondary N) is 1. The third kappa shape index (κ3) is 4.41. The zero-order valence-corrected chi connectivity index (χ0v) is 12.6. The Bertz CT molecular complexity index is 419. The average molecular weight is 279 g/mol. The third-order valence-electron chi connectivity index (χ3n) is 3.02. The standard InChI is InChI=1S/C16H23ClN2/c1-5-10-19(11-6-2)14-8-9-15(16(17)12-14)13(4)18-7-3/h5-6,8-9,12-13,18H,1-2,7,10-11H2,3-4H3. The lowest BCUT2D eigenvalue weighted by Crippen LogP contribution is -2.23. The summed E-state index contributed by atoms with van der Waals surface area (Å²) in [5.41, 5.74) is 2.22. The van der Waals surface area contributed by atoms with Crippen molar-refractivity contribution < 1.29 is 0 Å². The molecule has 0 fully saturated rings. The summed E-state index contributed by atoms with van der Waals surface area (Å²) >= 11 is 6.39. The maximum atomic E-state index is 6.39. The molecule has 0 amide bonds. The van der Waals surface area contributed by atoms with Gasteiger partial charge < -0.3 is 10.2 Å². The van der Waals surface area contributed by atoms with Gasteiger partial charge in [-0.25, -0.2) is 0 Å². The number of halogens is 1. The van der Waals surface area contributed by atoms with Gasteiger partial charge in [-0.1, -0.05) is 36.7 Å². The molecule has 0 aliphatic rings. The Labute approximate surface area is 121 Å². The summed E-state index contributed by atoms with van der Waals surface area (Å²) in [7, 11) is 0. The molecule has 0 aliphatic heterocycles. The highest BCUT2D eigenvalue weighted by molar-refractivity contribution is 6.31. The van der Waals surface area contributed by atoms with Gasteiger partial charge in [-0.2, -0.15) is 0 Å². The Kier molecular flexibility index (Phi) is 6.68. The van der Waals surface area contributed by atoms with Crippen molar-refractivity contribution in [1.29, 1.82) is 0 Å². The van der Waals surface area contributed by atoms with Crippen LogP contribution in [0, 0.1) is 0 Å². The van der Waals surface area contributed by atoms with Crippen LogP contribution in [0.15, 0.2) is 43.5 Å². The predicted octanol–water partition coefficient (Wildman–Crippen LogP) is 4.19. The fourth-order valence-electron chi connectivity index (χ4n) is 2.08. The lowest BCUT2D eigenvalue weighted by molar-refractivity contribution is 0.598. The maximum absolute atomic E-state index is 6.39. The first-order valence-corrected chi connectivity index (χ1v) is 7.01. The molecule has 2 nitrogen and oxygen atoms in total. The zero-order valence-electron chi connectivity index (χ0n) is 11.8. The van der Waals surface area contributed by atoms with Gasteiger partial charge in [-0.05, 0) is 31.2 Å². The molecule has 0 spiro atoms. The SMILES string of the molecule is C=CCN(CC=C)c1ccc(C(C)NCC)c(Cl)c1. The van der Waals surface area contributed by atoms with Gasteiger partial charge in [-0.3, -0.25) is 0 Å². The van der Waals surface area contributed by atoms with Crippen LogP contribution in [0.2, 0.25) is 5.02 Å². The Morgan fingerprint density at radius 2 is 1.95 bits per heavy atom. The molecular weight excluding hydrogens is 256 g/mol. The number of rotatable bonds is 8. The van der Waals surface area contributed by atoms with E-state index in [4.69, 9.17) is 11.6 Å². The minimum atomic E-state index is 0.263. The van der Waals surface area contributed by atoms with Gasteiger partial charge in [0, 0.05) is 29.8 Å². The van der Waals surface area contributed by atoms with E-state index in [1.807, 2.05) is 18.2 Å². The summed E-state index contributed by atoms with van der Waals surface area (Å²) in [6, 6.07) is 6.46. The Morgan fingerprint density at radius 1 is 1.32 bits per heavy atom. The van der Waals surface area contributed by atoms with Gasteiger partial charge in [-0.15, -0.1) is 13.2 Å². The zero-order chi connectivity index (χ0) is 14.3. The van der Waals surface area contributed by atoms with Crippen molar-refractivity contribution in [3.8, 4) is 0 Å². The van der Waals surface area contributed by atoms with Crippen molar-refractivity contribution in [2.24, 2.45) is 0 Å². The molecule has 0 saturated heterocycles. The molecule has 0 saturated carbocycles. The van der Waals surface area contributed by atoms with E-state index in [1.165, 1.54) is 0 Å². The Hall–Kier alpha value is -1.25. The van der Waals surface area contributed by atoms with Gasteiger partial charge in [0.25, 0.3) is 0 Å². The number of nitrogens with zero attached hydrogens (tertiary/aromatic N) is 1. The van der Waals surface area contributed by atoms with Crippen LogP contribution in [-0.2, 0) is 0 Å². The third-order valence-corrected chi connectivity index (χ3v) is 3.35. The largest absolute Gasteiger partial charge is 0.364 e. The van der Waals surface area contributed by atoms with Crippen molar-refractivity contribution >= 4 is 17.3 Å². The second kappa shape index (κ2) is 8.03. The molecule has 3 heteroatoms. The molecule has 0 heterocycles. The highest BCUT2D eigenvalue weighted by atomic mass is 35.5. The first kappa shape index (κ1) is 15.8. The van der Waals surface area contributed by atoms with Gasteiger partial charge in [0.1, 0.15) is 0 Å². The van der Waals surface area contributed by atoms with E-state index in [2.05, 4.69) is 49.4 Å². The van der Waals surface area contributed by atoms with E-state index in [0.717, 1.165) is 35.9 Å². The highest BCUT2D eigenvalue weighted by Gasteiger charge is 2.11. The monoisotopic (exact) mass is 278 g/mol. The molecule has 1 unspecified atom stereocenters. The molecule has 1 aromatic carbocycles. The lowest BCUT2D eigenvalue weighted by Gasteiger charge is -2.23. The van der Waals surface area contributed by atoms with Crippen LogP contribution in [0.25, 0.3) is 0 Å². The highest BCUT2D eigenvalue weighted by Crippen LogP contribution is 2.28. The Morgan fingerprint density at radius 3 is 2.42 bits per heavy atom. The summed E-state index contributed by atoms with van der Waals surface area (Å²) in [6.45, 7) is 14.3. The van der Waals surface area contributed by atoms with E-state index in [-0.39, 0.29) is 6.04 Å². The van der Waals surface area contributed by atoms with Gasteiger partial charge in [0.15, 0.2) is 0 Å². The number of hydrogen-bond donors (Lipinski definition) is 1. The molecule has 19 heavy (non-hydrogen) atoms. The van der Waals surface area contributed by atoms with Crippen molar-refractivity contribution in [3.05, 3.63) is 54.1 Å². The molecule has 1 atom stereocenters. The molecule has 0 bridgehead atoms. The topological polar surface area (TPSA) is 15.3 Å². The van der Waals surface area contributed by atoms with Crippen molar-refractivity contribution in [3.63, 3.8) is 0 Å². The fraction of sp³-hybridized carbons (Fsp3) is 0.375. The first-order chi connectivity index (χ1) is 9.13. The number of anilines is 1. The molecule has 1 aromatic rings. The van der Waals surface area contributed by atoms with Crippen LogP contribution in [-0.4, -0.2) is 19.6 Å². The summed E-state index contributed by atoms with van der Waals surface area (Å²) in [5, 5.41) is 4.17. The van der Waals surface area contributed by atoms with Crippen LogP contribution in [0.1, 0.15) is 25.5 Å². The molecule has 1 rings (SSSR count). The van der Waals surface area contributed by atoms with E-state index >= 15 is 0 Å². The second-order valence-corrected chi connectivity index (χ2v) is 4.87. The van der Waals surface area contributed by atoms with E-state index < -0.39 is 0 Å². The van der Waals surface area contributed by atoms with Crippen molar-refractivity contribution in [2.45, 2.75) is 19.9 Å². The smallest absolute Gasteiger partial charge is 0.0474 e. The fourth-order valence-corrected chi connectivity index (χ4v) is 2.42. The predicted molar refractivity (Wildman–Crippen MR) is 86.2 cm³/mol. The van der Waals surface area contributed by atoms with Crippen LogP contribution in [0.4, 0.5) is 5.69 Å². The average Bonchev–Trinajstić information content (AvgIpc) is 2.38. The van der Waals surface area contributed by atoms with Crippen LogP contribution >= 0.6 is 11.6 Å². The molecule has 0 aromatic heterocycles. The minimum absolute atomic E-state index is 0.263. The second-order valence-electron chi connectivity index (χ2n) is 4.47. The number of benzene rings is 1. The van der Waals surface area contributed by atoms with Gasteiger partial charge in [0.2, 0.25) is 0 Å². The molecule has 104 valence electrons. The van der Waals surface area contributed by atoms with Crippen LogP contribution in [0.5, 0.6) is 0 Å². The summed E-state index contributed by atoms with van der Waals surface area (Å²) in [4.78, 5) is 2.17.